The lowest BCUT2D eigenvalue weighted by Gasteiger charge is -2.27. The Balaban J connectivity index is 2.57. The van der Waals surface area contributed by atoms with Gasteiger partial charge in [-0.25, -0.2) is 0 Å². The van der Waals surface area contributed by atoms with E-state index in [2.05, 4.69) is 54.1 Å². The normalized spacial score (nSPS) is 10.7. The third-order valence-electron chi connectivity index (χ3n) is 3.56. The molecule has 2 rings (SSSR count). The van der Waals surface area contributed by atoms with Crippen LogP contribution in [-0.4, -0.2) is 11.5 Å². The average molecular weight is 269 g/mol. The van der Waals surface area contributed by atoms with Gasteiger partial charge in [-0.1, -0.05) is 12.1 Å². The highest BCUT2D eigenvalue weighted by Gasteiger charge is 2.14. The molecular weight excluding hydrogens is 246 g/mol. The van der Waals surface area contributed by atoms with Gasteiger partial charge in [0.15, 0.2) is 0 Å². The summed E-state index contributed by atoms with van der Waals surface area (Å²) in [6.45, 7) is 9.75. The predicted octanol–water partition coefficient (Wildman–Crippen LogP) is 3.62. The van der Waals surface area contributed by atoms with Crippen LogP contribution in [0.15, 0.2) is 30.3 Å². The second kappa shape index (κ2) is 6.06. The second-order valence-corrected chi connectivity index (χ2v) is 5.13. The molecule has 0 spiro atoms. The zero-order chi connectivity index (χ0) is 14.7. The number of hydrogen-bond donors (Lipinski definition) is 1. The molecule has 0 radical (unpaired) electrons. The van der Waals surface area contributed by atoms with Crippen molar-refractivity contribution in [2.24, 2.45) is 5.73 Å². The van der Waals surface area contributed by atoms with E-state index in [0.717, 1.165) is 23.5 Å². The van der Waals surface area contributed by atoms with Crippen LogP contribution in [0.25, 0.3) is 0 Å². The number of nitrogens with two attached hydrogens (primary N) is 1. The van der Waals surface area contributed by atoms with Crippen LogP contribution in [-0.2, 0) is 6.54 Å². The van der Waals surface area contributed by atoms with Crippen molar-refractivity contribution in [1.82, 2.24) is 4.98 Å². The Hall–Kier alpha value is -1.87. The monoisotopic (exact) mass is 269 g/mol. The summed E-state index contributed by atoms with van der Waals surface area (Å²) in [6, 6.07) is 10.7. The number of benzene rings is 1. The van der Waals surface area contributed by atoms with Crippen molar-refractivity contribution in [3.8, 4) is 0 Å². The summed E-state index contributed by atoms with van der Waals surface area (Å²) in [6.07, 6.45) is 0. The fourth-order valence-electron chi connectivity index (χ4n) is 2.62. The molecule has 0 amide bonds. The van der Waals surface area contributed by atoms with E-state index in [1.165, 1.54) is 16.9 Å². The number of hydrogen-bond acceptors (Lipinski definition) is 3. The Morgan fingerprint density at radius 1 is 1.15 bits per heavy atom. The van der Waals surface area contributed by atoms with E-state index in [9.17, 15) is 0 Å². The van der Waals surface area contributed by atoms with Crippen LogP contribution >= 0.6 is 0 Å². The van der Waals surface area contributed by atoms with Crippen molar-refractivity contribution < 1.29 is 0 Å². The first kappa shape index (κ1) is 14.5. The van der Waals surface area contributed by atoms with Crippen molar-refractivity contribution in [2.45, 2.75) is 34.2 Å². The molecule has 0 aliphatic rings. The van der Waals surface area contributed by atoms with Crippen LogP contribution < -0.4 is 10.6 Å². The molecule has 0 bridgehead atoms. The molecule has 0 saturated carbocycles. The predicted molar refractivity (Wildman–Crippen MR) is 85.5 cm³/mol. The molecule has 0 saturated heterocycles. The van der Waals surface area contributed by atoms with Gasteiger partial charge in [-0.3, -0.25) is 4.98 Å². The summed E-state index contributed by atoms with van der Waals surface area (Å²) < 4.78 is 0. The van der Waals surface area contributed by atoms with Crippen molar-refractivity contribution in [3.05, 3.63) is 52.8 Å². The molecule has 1 heterocycles. The largest absolute Gasteiger partial charge is 0.341 e. The first-order chi connectivity index (χ1) is 9.56. The fraction of sp³-hybridized carbons (Fsp3) is 0.353. The Bertz CT molecular complexity index is 605. The molecular formula is C17H23N3. The fourth-order valence-corrected chi connectivity index (χ4v) is 2.62. The standard InChI is InChI=1S/C17H23N3/c1-5-20(15-8-6-7-12(2)9-15)17-10-13(3)19-14(4)16(17)11-18/h6-10H,5,11,18H2,1-4H3. The highest BCUT2D eigenvalue weighted by Crippen LogP contribution is 2.30. The number of aromatic nitrogens is 1. The van der Waals surface area contributed by atoms with Gasteiger partial charge in [0, 0.05) is 41.4 Å². The highest BCUT2D eigenvalue weighted by molar-refractivity contribution is 5.68. The molecule has 0 atom stereocenters. The minimum atomic E-state index is 0.511. The Kier molecular flexibility index (Phi) is 4.40. The van der Waals surface area contributed by atoms with Crippen molar-refractivity contribution >= 4 is 11.4 Å². The van der Waals surface area contributed by atoms with Crippen LogP contribution in [0.2, 0.25) is 0 Å². The topological polar surface area (TPSA) is 42.2 Å². The lowest BCUT2D eigenvalue weighted by Crippen LogP contribution is -2.20. The van der Waals surface area contributed by atoms with Crippen LogP contribution in [0.1, 0.15) is 29.4 Å². The third-order valence-corrected chi connectivity index (χ3v) is 3.56. The van der Waals surface area contributed by atoms with Gasteiger partial charge in [0.25, 0.3) is 0 Å². The SMILES string of the molecule is CCN(c1cccc(C)c1)c1cc(C)nc(C)c1CN. The molecule has 1 aromatic heterocycles. The molecule has 0 unspecified atom stereocenters. The van der Waals surface area contributed by atoms with Gasteiger partial charge < -0.3 is 10.6 Å². The molecule has 2 N–H and O–H groups in total. The van der Waals surface area contributed by atoms with Gasteiger partial charge in [0.1, 0.15) is 0 Å². The second-order valence-electron chi connectivity index (χ2n) is 5.13. The summed E-state index contributed by atoms with van der Waals surface area (Å²) in [5.74, 6) is 0. The molecule has 2 aromatic rings. The van der Waals surface area contributed by atoms with Gasteiger partial charge in [-0.15, -0.1) is 0 Å². The number of anilines is 2. The summed E-state index contributed by atoms with van der Waals surface area (Å²) in [4.78, 5) is 6.83. The van der Waals surface area contributed by atoms with E-state index in [1.807, 2.05) is 13.8 Å². The minimum absolute atomic E-state index is 0.511. The molecule has 0 aliphatic carbocycles. The van der Waals surface area contributed by atoms with E-state index in [1.54, 1.807) is 0 Å². The zero-order valence-corrected chi connectivity index (χ0v) is 12.8. The molecule has 3 heteroatoms. The van der Waals surface area contributed by atoms with Crippen molar-refractivity contribution in [3.63, 3.8) is 0 Å². The van der Waals surface area contributed by atoms with Crippen LogP contribution in [0.3, 0.4) is 0 Å². The summed E-state index contributed by atoms with van der Waals surface area (Å²) in [5.41, 5.74) is 12.7. The summed E-state index contributed by atoms with van der Waals surface area (Å²) in [5, 5.41) is 0. The van der Waals surface area contributed by atoms with E-state index >= 15 is 0 Å². The first-order valence-corrected chi connectivity index (χ1v) is 7.08. The lowest BCUT2D eigenvalue weighted by atomic mass is 10.1. The summed E-state index contributed by atoms with van der Waals surface area (Å²) >= 11 is 0. The number of nitrogens with zero attached hydrogens (tertiary/aromatic N) is 2. The Morgan fingerprint density at radius 3 is 2.50 bits per heavy atom. The van der Waals surface area contributed by atoms with E-state index < -0.39 is 0 Å². The number of pyridine rings is 1. The third kappa shape index (κ3) is 2.83. The van der Waals surface area contributed by atoms with E-state index in [0.29, 0.717) is 6.54 Å². The van der Waals surface area contributed by atoms with Crippen LogP contribution in [0.4, 0.5) is 11.4 Å². The molecule has 0 fully saturated rings. The molecule has 106 valence electrons. The molecule has 3 nitrogen and oxygen atoms in total. The smallest absolute Gasteiger partial charge is 0.0492 e. The van der Waals surface area contributed by atoms with Crippen LogP contribution in [0.5, 0.6) is 0 Å². The maximum absolute atomic E-state index is 5.94. The van der Waals surface area contributed by atoms with Gasteiger partial charge in [-0.2, -0.15) is 0 Å². The average Bonchev–Trinajstić information content (AvgIpc) is 2.39. The van der Waals surface area contributed by atoms with Gasteiger partial charge in [0.05, 0.1) is 0 Å². The molecule has 0 aliphatic heterocycles. The zero-order valence-electron chi connectivity index (χ0n) is 12.8. The minimum Gasteiger partial charge on any atom is -0.341 e. The van der Waals surface area contributed by atoms with Crippen molar-refractivity contribution in [2.75, 3.05) is 11.4 Å². The molecule has 20 heavy (non-hydrogen) atoms. The first-order valence-electron chi connectivity index (χ1n) is 7.08. The molecule has 1 aromatic carbocycles. The Morgan fingerprint density at radius 2 is 1.90 bits per heavy atom. The number of aryl methyl sites for hydroxylation is 3. The Labute approximate surface area is 121 Å². The maximum atomic E-state index is 5.94. The maximum Gasteiger partial charge on any atom is 0.0492 e. The van der Waals surface area contributed by atoms with Gasteiger partial charge >= 0.3 is 0 Å². The number of rotatable bonds is 4. The lowest BCUT2D eigenvalue weighted by molar-refractivity contribution is 0.941. The van der Waals surface area contributed by atoms with Crippen molar-refractivity contribution in [1.29, 1.82) is 0 Å². The van der Waals surface area contributed by atoms with Crippen LogP contribution in [0, 0.1) is 20.8 Å². The van der Waals surface area contributed by atoms with E-state index in [4.69, 9.17) is 5.73 Å². The van der Waals surface area contributed by atoms with Gasteiger partial charge in [-0.05, 0) is 51.5 Å². The van der Waals surface area contributed by atoms with E-state index in [-0.39, 0.29) is 0 Å². The highest BCUT2D eigenvalue weighted by atomic mass is 15.1. The quantitative estimate of drug-likeness (QED) is 0.921. The summed E-state index contributed by atoms with van der Waals surface area (Å²) in [7, 11) is 0. The van der Waals surface area contributed by atoms with Gasteiger partial charge in [0.2, 0.25) is 0 Å².